The van der Waals surface area contributed by atoms with Crippen LogP contribution in [0.2, 0.25) is 0 Å². The Morgan fingerprint density at radius 1 is 1.18 bits per heavy atom. The van der Waals surface area contributed by atoms with Crippen molar-refractivity contribution in [3.8, 4) is 0 Å². The van der Waals surface area contributed by atoms with Crippen LogP contribution in [0.5, 0.6) is 0 Å². The standard InChI is InChI=1S/C15H20FN/c16-14-3-1-2-12-11(8-9-17)6-7-13(15(12)14)10-4-5-10/h1-3,10-11,13H,4-9,17H2. The van der Waals surface area contributed by atoms with Gasteiger partial charge in [-0.05, 0) is 73.6 Å². The van der Waals surface area contributed by atoms with Crippen LogP contribution in [0.3, 0.4) is 0 Å². The van der Waals surface area contributed by atoms with Crippen LogP contribution < -0.4 is 5.73 Å². The highest BCUT2D eigenvalue weighted by molar-refractivity contribution is 5.38. The second-order valence-electron chi connectivity index (χ2n) is 5.54. The summed E-state index contributed by atoms with van der Waals surface area (Å²) in [6.45, 7) is 0.703. The number of hydrogen-bond acceptors (Lipinski definition) is 1. The van der Waals surface area contributed by atoms with Gasteiger partial charge in [0.25, 0.3) is 0 Å². The van der Waals surface area contributed by atoms with Gasteiger partial charge < -0.3 is 5.73 Å². The molecule has 1 saturated carbocycles. The van der Waals surface area contributed by atoms with E-state index in [4.69, 9.17) is 5.73 Å². The zero-order valence-corrected chi connectivity index (χ0v) is 10.2. The van der Waals surface area contributed by atoms with E-state index in [-0.39, 0.29) is 5.82 Å². The summed E-state index contributed by atoms with van der Waals surface area (Å²) in [5.74, 6) is 1.74. The molecule has 1 nitrogen and oxygen atoms in total. The average molecular weight is 233 g/mol. The lowest BCUT2D eigenvalue weighted by molar-refractivity contribution is 0.419. The van der Waals surface area contributed by atoms with Crippen LogP contribution in [0.25, 0.3) is 0 Å². The molecule has 92 valence electrons. The van der Waals surface area contributed by atoms with Crippen LogP contribution in [-0.4, -0.2) is 6.54 Å². The number of halogens is 1. The van der Waals surface area contributed by atoms with E-state index >= 15 is 0 Å². The highest BCUT2D eigenvalue weighted by atomic mass is 19.1. The topological polar surface area (TPSA) is 26.0 Å². The lowest BCUT2D eigenvalue weighted by Gasteiger charge is -2.32. The summed E-state index contributed by atoms with van der Waals surface area (Å²) in [4.78, 5) is 0. The average Bonchev–Trinajstić information content (AvgIpc) is 3.14. The molecule has 0 aromatic heterocycles. The van der Waals surface area contributed by atoms with Gasteiger partial charge in [0.15, 0.2) is 0 Å². The van der Waals surface area contributed by atoms with Crippen LogP contribution >= 0.6 is 0 Å². The lowest BCUT2D eigenvalue weighted by atomic mass is 9.73. The first-order chi connectivity index (χ1) is 8.31. The number of benzene rings is 1. The summed E-state index contributed by atoms with van der Waals surface area (Å²) in [5, 5.41) is 0. The molecule has 2 unspecified atom stereocenters. The molecule has 0 aliphatic heterocycles. The first kappa shape index (κ1) is 11.2. The molecule has 2 aliphatic rings. The van der Waals surface area contributed by atoms with Gasteiger partial charge in [0.1, 0.15) is 5.82 Å². The zero-order valence-electron chi connectivity index (χ0n) is 10.2. The van der Waals surface area contributed by atoms with Gasteiger partial charge in [-0.2, -0.15) is 0 Å². The van der Waals surface area contributed by atoms with Crippen molar-refractivity contribution < 1.29 is 4.39 Å². The number of fused-ring (bicyclic) bond motifs is 1. The Hall–Kier alpha value is -0.890. The van der Waals surface area contributed by atoms with Crippen LogP contribution in [0.4, 0.5) is 4.39 Å². The van der Waals surface area contributed by atoms with E-state index in [1.165, 1.54) is 24.8 Å². The maximum atomic E-state index is 14.1. The molecule has 0 saturated heterocycles. The van der Waals surface area contributed by atoms with Crippen molar-refractivity contribution in [2.24, 2.45) is 11.7 Å². The highest BCUT2D eigenvalue weighted by Gasteiger charge is 2.38. The Balaban J connectivity index is 1.99. The van der Waals surface area contributed by atoms with Gasteiger partial charge in [-0.3, -0.25) is 0 Å². The second kappa shape index (κ2) is 4.41. The predicted octanol–water partition coefficient (Wildman–Crippen LogP) is 3.55. The minimum atomic E-state index is 0.0149. The summed E-state index contributed by atoms with van der Waals surface area (Å²) >= 11 is 0. The highest BCUT2D eigenvalue weighted by Crippen LogP contribution is 2.51. The van der Waals surface area contributed by atoms with Gasteiger partial charge in [-0.25, -0.2) is 4.39 Å². The first-order valence-corrected chi connectivity index (χ1v) is 6.79. The molecule has 2 aliphatic carbocycles. The normalized spacial score (nSPS) is 27.9. The Labute approximate surface area is 102 Å². The summed E-state index contributed by atoms with van der Waals surface area (Å²) in [6.07, 6.45) is 5.92. The van der Waals surface area contributed by atoms with E-state index in [0.29, 0.717) is 18.4 Å². The van der Waals surface area contributed by atoms with Crippen LogP contribution in [0, 0.1) is 11.7 Å². The second-order valence-corrected chi connectivity index (χ2v) is 5.54. The molecule has 17 heavy (non-hydrogen) atoms. The van der Waals surface area contributed by atoms with E-state index < -0.39 is 0 Å². The molecule has 1 aromatic carbocycles. The van der Waals surface area contributed by atoms with Gasteiger partial charge in [0.05, 0.1) is 0 Å². The van der Waals surface area contributed by atoms with Crippen LogP contribution in [0.1, 0.15) is 55.1 Å². The molecule has 0 heterocycles. The Morgan fingerprint density at radius 3 is 2.71 bits per heavy atom. The number of nitrogens with two attached hydrogens (primary N) is 1. The zero-order chi connectivity index (χ0) is 11.8. The SMILES string of the molecule is NCCC1CCC(C2CC2)c2c(F)cccc21. The lowest BCUT2D eigenvalue weighted by Crippen LogP contribution is -2.19. The maximum Gasteiger partial charge on any atom is 0.126 e. The van der Waals surface area contributed by atoms with Crippen molar-refractivity contribution in [2.75, 3.05) is 6.54 Å². The molecular weight excluding hydrogens is 213 g/mol. The van der Waals surface area contributed by atoms with Crippen LogP contribution in [-0.2, 0) is 0 Å². The fraction of sp³-hybridized carbons (Fsp3) is 0.600. The summed E-state index contributed by atoms with van der Waals surface area (Å²) in [6, 6.07) is 5.60. The van der Waals surface area contributed by atoms with Crippen molar-refractivity contribution in [3.05, 3.63) is 35.1 Å². The Bertz CT molecular complexity index is 411. The van der Waals surface area contributed by atoms with E-state index in [9.17, 15) is 4.39 Å². The first-order valence-electron chi connectivity index (χ1n) is 6.79. The fourth-order valence-electron chi connectivity index (χ4n) is 3.45. The molecule has 0 bridgehead atoms. The number of rotatable bonds is 3. The molecular formula is C15H20FN. The van der Waals surface area contributed by atoms with E-state index in [0.717, 1.165) is 24.3 Å². The van der Waals surface area contributed by atoms with Crippen molar-refractivity contribution in [1.29, 1.82) is 0 Å². The van der Waals surface area contributed by atoms with Crippen molar-refractivity contribution in [1.82, 2.24) is 0 Å². The van der Waals surface area contributed by atoms with Gasteiger partial charge in [-0.15, -0.1) is 0 Å². The van der Waals surface area contributed by atoms with Crippen molar-refractivity contribution in [2.45, 2.75) is 43.9 Å². The quantitative estimate of drug-likeness (QED) is 0.849. The van der Waals surface area contributed by atoms with Crippen molar-refractivity contribution in [3.63, 3.8) is 0 Å². The Kier molecular flexibility index (Phi) is 2.91. The number of hydrogen-bond donors (Lipinski definition) is 1. The van der Waals surface area contributed by atoms with Gasteiger partial charge in [0, 0.05) is 0 Å². The molecule has 1 aromatic rings. The largest absolute Gasteiger partial charge is 0.330 e. The molecule has 2 N–H and O–H groups in total. The maximum absolute atomic E-state index is 14.1. The Morgan fingerprint density at radius 2 is 2.00 bits per heavy atom. The van der Waals surface area contributed by atoms with Gasteiger partial charge >= 0.3 is 0 Å². The fourth-order valence-corrected chi connectivity index (χ4v) is 3.45. The van der Waals surface area contributed by atoms with Crippen molar-refractivity contribution >= 4 is 0 Å². The third-order valence-electron chi connectivity index (χ3n) is 4.43. The third-order valence-corrected chi connectivity index (χ3v) is 4.43. The summed E-state index contributed by atoms with van der Waals surface area (Å²) < 4.78 is 14.1. The predicted molar refractivity (Wildman–Crippen MR) is 67.5 cm³/mol. The molecule has 1 fully saturated rings. The van der Waals surface area contributed by atoms with E-state index in [2.05, 4.69) is 6.07 Å². The molecule has 0 spiro atoms. The van der Waals surface area contributed by atoms with Gasteiger partial charge in [0.2, 0.25) is 0 Å². The summed E-state index contributed by atoms with van der Waals surface area (Å²) in [7, 11) is 0. The minimum Gasteiger partial charge on any atom is -0.330 e. The van der Waals surface area contributed by atoms with Gasteiger partial charge in [-0.1, -0.05) is 12.1 Å². The monoisotopic (exact) mass is 233 g/mol. The summed E-state index contributed by atoms with van der Waals surface area (Å²) in [5.41, 5.74) is 7.94. The van der Waals surface area contributed by atoms with E-state index in [1.807, 2.05) is 6.07 Å². The third kappa shape index (κ3) is 1.99. The minimum absolute atomic E-state index is 0.0149. The smallest absolute Gasteiger partial charge is 0.126 e. The van der Waals surface area contributed by atoms with E-state index in [1.54, 1.807) is 6.07 Å². The molecule has 0 amide bonds. The molecule has 2 heteroatoms. The molecule has 3 rings (SSSR count). The molecule has 2 atom stereocenters. The molecule has 0 radical (unpaired) electrons. The van der Waals surface area contributed by atoms with Crippen LogP contribution in [0.15, 0.2) is 18.2 Å².